The molecule has 0 aliphatic heterocycles. The maximum absolute atomic E-state index is 11.2. The van der Waals surface area contributed by atoms with Crippen molar-refractivity contribution in [2.75, 3.05) is 26.3 Å². The number of carbonyl (C=O) groups excluding carboxylic acids is 1. The molecule has 4 N–H and O–H groups in total. The van der Waals surface area contributed by atoms with E-state index in [2.05, 4.69) is 5.32 Å². The maximum Gasteiger partial charge on any atom is 0.407 e. The number of unbranched alkanes of at least 4 members (excludes halogenated alkanes) is 6. The zero-order valence-corrected chi connectivity index (χ0v) is 11.3. The first-order chi connectivity index (χ1) is 8.81. The Morgan fingerprint density at radius 3 is 2.39 bits per heavy atom. The van der Waals surface area contributed by atoms with Crippen molar-refractivity contribution in [1.82, 2.24) is 5.32 Å². The molecule has 0 aromatic heterocycles. The van der Waals surface area contributed by atoms with Gasteiger partial charge in [0.1, 0.15) is 0 Å². The predicted molar refractivity (Wildman–Crippen MR) is 72.4 cm³/mol. The molecule has 0 bridgehead atoms. The van der Waals surface area contributed by atoms with Gasteiger partial charge in [-0.05, 0) is 38.6 Å². The Balaban J connectivity index is 3.12. The zero-order chi connectivity index (χ0) is 13.5. The molecule has 5 heteroatoms. The van der Waals surface area contributed by atoms with Crippen molar-refractivity contribution in [3.63, 3.8) is 0 Å². The number of rotatable bonds is 12. The van der Waals surface area contributed by atoms with Crippen LogP contribution in [0.5, 0.6) is 0 Å². The third-order valence-electron chi connectivity index (χ3n) is 2.69. The number of hydrogen-bond donors (Lipinski definition) is 3. The highest BCUT2D eigenvalue weighted by atomic mass is 16.5. The highest BCUT2D eigenvalue weighted by molar-refractivity contribution is 5.66. The second-order valence-corrected chi connectivity index (χ2v) is 4.40. The van der Waals surface area contributed by atoms with Gasteiger partial charge < -0.3 is 20.9 Å². The van der Waals surface area contributed by atoms with E-state index in [4.69, 9.17) is 15.6 Å². The number of carbonyl (C=O) groups is 1. The summed E-state index contributed by atoms with van der Waals surface area (Å²) >= 11 is 0. The molecule has 0 rings (SSSR count). The van der Waals surface area contributed by atoms with Crippen LogP contribution in [0.25, 0.3) is 0 Å². The normalized spacial score (nSPS) is 10.3. The molecule has 0 unspecified atom stereocenters. The predicted octanol–water partition coefficient (Wildman–Crippen LogP) is 1.78. The minimum Gasteiger partial charge on any atom is -0.450 e. The second kappa shape index (κ2) is 14.3. The van der Waals surface area contributed by atoms with E-state index < -0.39 is 0 Å². The minimum atomic E-state index is -0.323. The first-order valence-electron chi connectivity index (χ1n) is 7.02. The number of nitrogens with two attached hydrogens (primary N) is 1. The Morgan fingerprint density at radius 2 is 1.67 bits per heavy atom. The number of aliphatic hydroxyl groups excluding tert-OH is 1. The molecular formula is C13H28N2O3. The molecule has 0 aliphatic rings. The highest BCUT2D eigenvalue weighted by Gasteiger charge is 2.00. The fourth-order valence-corrected chi connectivity index (χ4v) is 1.60. The lowest BCUT2D eigenvalue weighted by atomic mass is 10.2. The van der Waals surface area contributed by atoms with E-state index >= 15 is 0 Å². The standard InChI is InChI=1S/C13H28N2O3/c14-9-5-1-2-6-10-15-13(17)18-12-8-4-3-7-11-16/h16H,1-12,14H2,(H,15,17). The lowest BCUT2D eigenvalue weighted by Gasteiger charge is -2.06. The van der Waals surface area contributed by atoms with Gasteiger partial charge in [-0.3, -0.25) is 0 Å². The summed E-state index contributed by atoms with van der Waals surface area (Å²) in [6.45, 7) is 2.12. The summed E-state index contributed by atoms with van der Waals surface area (Å²) in [7, 11) is 0. The monoisotopic (exact) mass is 260 g/mol. The van der Waals surface area contributed by atoms with Crippen LogP contribution in [0.15, 0.2) is 0 Å². The Morgan fingerprint density at radius 1 is 1.00 bits per heavy atom. The first kappa shape index (κ1) is 17.2. The molecule has 0 fully saturated rings. The Bertz CT molecular complexity index is 171. The van der Waals surface area contributed by atoms with Crippen molar-refractivity contribution in [2.45, 2.75) is 51.4 Å². The molecule has 0 saturated carbocycles. The Labute approximate surface area is 110 Å². The van der Waals surface area contributed by atoms with E-state index in [9.17, 15) is 4.79 Å². The minimum absolute atomic E-state index is 0.242. The van der Waals surface area contributed by atoms with Crippen LogP contribution in [-0.2, 0) is 4.74 Å². The van der Waals surface area contributed by atoms with E-state index in [1.54, 1.807) is 0 Å². The van der Waals surface area contributed by atoms with E-state index in [1.807, 2.05) is 0 Å². The van der Waals surface area contributed by atoms with Crippen LogP contribution in [-0.4, -0.2) is 37.5 Å². The van der Waals surface area contributed by atoms with Crippen LogP contribution >= 0.6 is 0 Å². The Hall–Kier alpha value is -0.810. The molecule has 0 saturated heterocycles. The summed E-state index contributed by atoms with van der Waals surface area (Å²) in [5.41, 5.74) is 5.39. The van der Waals surface area contributed by atoms with Gasteiger partial charge in [0, 0.05) is 13.2 Å². The molecule has 1 amide bonds. The molecule has 0 atom stereocenters. The van der Waals surface area contributed by atoms with Crippen LogP contribution in [0, 0.1) is 0 Å². The molecule has 0 aliphatic carbocycles. The zero-order valence-electron chi connectivity index (χ0n) is 11.3. The van der Waals surface area contributed by atoms with Crippen LogP contribution < -0.4 is 11.1 Å². The lowest BCUT2D eigenvalue weighted by molar-refractivity contribution is 0.143. The van der Waals surface area contributed by atoms with Gasteiger partial charge in [0.15, 0.2) is 0 Å². The SMILES string of the molecule is NCCCCCCNC(=O)OCCCCCCO. The third kappa shape index (κ3) is 13.3. The van der Waals surface area contributed by atoms with Crippen molar-refractivity contribution in [1.29, 1.82) is 0 Å². The smallest absolute Gasteiger partial charge is 0.407 e. The summed E-state index contributed by atoms with van der Waals surface area (Å²) in [5, 5.41) is 11.3. The largest absolute Gasteiger partial charge is 0.450 e. The number of amides is 1. The van der Waals surface area contributed by atoms with Crippen LogP contribution in [0.4, 0.5) is 4.79 Å². The fourth-order valence-electron chi connectivity index (χ4n) is 1.60. The van der Waals surface area contributed by atoms with Gasteiger partial charge in [-0.15, -0.1) is 0 Å². The van der Waals surface area contributed by atoms with Crippen molar-refractivity contribution < 1.29 is 14.6 Å². The van der Waals surface area contributed by atoms with Gasteiger partial charge in [0.05, 0.1) is 6.61 Å². The molecule has 0 heterocycles. The van der Waals surface area contributed by atoms with Gasteiger partial charge in [-0.1, -0.05) is 19.3 Å². The van der Waals surface area contributed by atoms with E-state index in [-0.39, 0.29) is 12.7 Å². The summed E-state index contributed by atoms with van der Waals surface area (Å²) in [6, 6.07) is 0. The van der Waals surface area contributed by atoms with Gasteiger partial charge in [0.2, 0.25) is 0 Å². The topological polar surface area (TPSA) is 84.6 Å². The van der Waals surface area contributed by atoms with E-state index in [0.717, 1.165) is 57.9 Å². The van der Waals surface area contributed by atoms with Gasteiger partial charge in [0.25, 0.3) is 0 Å². The average molecular weight is 260 g/mol. The number of nitrogens with one attached hydrogen (secondary N) is 1. The maximum atomic E-state index is 11.2. The summed E-state index contributed by atoms with van der Waals surface area (Å²) in [6.07, 6.45) is 7.60. The number of aliphatic hydroxyl groups is 1. The van der Waals surface area contributed by atoms with Crippen LogP contribution in [0.1, 0.15) is 51.4 Å². The van der Waals surface area contributed by atoms with Crippen LogP contribution in [0.2, 0.25) is 0 Å². The molecule has 0 radical (unpaired) electrons. The molecule has 18 heavy (non-hydrogen) atoms. The van der Waals surface area contributed by atoms with E-state index in [0.29, 0.717) is 13.2 Å². The molecule has 0 aromatic carbocycles. The molecule has 108 valence electrons. The molecular weight excluding hydrogens is 232 g/mol. The number of ether oxygens (including phenoxy) is 1. The quantitative estimate of drug-likeness (QED) is 0.467. The summed E-state index contributed by atoms with van der Waals surface area (Å²) < 4.78 is 5.02. The fraction of sp³-hybridized carbons (Fsp3) is 0.923. The van der Waals surface area contributed by atoms with E-state index in [1.165, 1.54) is 0 Å². The van der Waals surface area contributed by atoms with Crippen molar-refractivity contribution in [2.24, 2.45) is 5.73 Å². The number of hydrogen-bond acceptors (Lipinski definition) is 4. The Kier molecular flexibility index (Phi) is 13.6. The van der Waals surface area contributed by atoms with Gasteiger partial charge in [-0.25, -0.2) is 4.79 Å². The lowest BCUT2D eigenvalue weighted by Crippen LogP contribution is -2.25. The molecule has 0 aromatic rings. The number of alkyl carbamates (subject to hydrolysis) is 1. The molecule has 0 spiro atoms. The van der Waals surface area contributed by atoms with Crippen molar-refractivity contribution in [3.8, 4) is 0 Å². The van der Waals surface area contributed by atoms with Crippen LogP contribution in [0.3, 0.4) is 0 Å². The average Bonchev–Trinajstić information content (AvgIpc) is 2.38. The van der Waals surface area contributed by atoms with Gasteiger partial charge in [-0.2, -0.15) is 0 Å². The van der Waals surface area contributed by atoms with Crippen molar-refractivity contribution in [3.05, 3.63) is 0 Å². The molecule has 5 nitrogen and oxygen atoms in total. The van der Waals surface area contributed by atoms with Crippen molar-refractivity contribution >= 4 is 6.09 Å². The van der Waals surface area contributed by atoms with Gasteiger partial charge >= 0.3 is 6.09 Å². The third-order valence-corrected chi connectivity index (χ3v) is 2.69. The first-order valence-corrected chi connectivity index (χ1v) is 7.02. The highest BCUT2D eigenvalue weighted by Crippen LogP contribution is 2.00. The second-order valence-electron chi connectivity index (χ2n) is 4.40. The summed E-state index contributed by atoms with van der Waals surface area (Å²) in [4.78, 5) is 11.2. The summed E-state index contributed by atoms with van der Waals surface area (Å²) in [5.74, 6) is 0.